The molecular formula is C16H23FN2O2. The fourth-order valence-corrected chi connectivity index (χ4v) is 2.73. The average molecular weight is 294 g/mol. The number of hydrogen-bond donors (Lipinski definition) is 1. The molecule has 1 fully saturated rings. The number of benzene rings is 1. The zero-order chi connectivity index (χ0) is 15.4. The molecule has 1 saturated heterocycles. The second-order valence-electron chi connectivity index (χ2n) is 5.34. The first-order valence-electron chi connectivity index (χ1n) is 7.50. The molecule has 3 unspecified atom stereocenters. The van der Waals surface area contributed by atoms with E-state index in [1.165, 1.54) is 12.1 Å². The number of carbonyl (C=O) groups is 1. The summed E-state index contributed by atoms with van der Waals surface area (Å²) in [5.41, 5.74) is 0.767. The number of amides is 1. The third kappa shape index (κ3) is 3.60. The molecule has 21 heavy (non-hydrogen) atoms. The number of hydrogen-bond acceptors (Lipinski definition) is 3. The molecule has 116 valence electrons. The van der Waals surface area contributed by atoms with Gasteiger partial charge in [-0.25, -0.2) is 4.39 Å². The van der Waals surface area contributed by atoms with Gasteiger partial charge in [0.2, 0.25) is 5.91 Å². The predicted molar refractivity (Wildman–Crippen MR) is 79.2 cm³/mol. The topological polar surface area (TPSA) is 41.6 Å². The Kier molecular flexibility index (Phi) is 5.31. The van der Waals surface area contributed by atoms with Crippen LogP contribution in [0.15, 0.2) is 24.3 Å². The standard InChI is InChI=1S/C16H23FN2O2/c1-4-14-16(20)19(10-11(3)21-5-2)15(18-14)12-7-6-8-13(17)9-12/h6-9,11,14-15,18H,4-5,10H2,1-3H3. The van der Waals surface area contributed by atoms with Crippen molar-refractivity contribution in [1.82, 2.24) is 10.2 Å². The lowest BCUT2D eigenvalue weighted by molar-refractivity contribution is -0.132. The number of ether oxygens (including phenoxy) is 1. The summed E-state index contributed by atoms with van der Waals surface area (Å²) in [4.78, 5) is 14.2. The van der Waals surface area contributed by atoms with Gasteiger partial charge in [-0.1, -0.05) is 19.1 Å². The minimum atomic E-state index is -0.292. The summed E-state index contributed by atoms with van der Waals surface area (Å²) in [6.45, 7) is 6.95. The summed E-state index contributed by atoms with van der Waals surface area (Å²) in [5, 5.41) is 3.29. The monoisotopic (exact) mass is 294 g/mol. The molecule has 1 heterocycles. The Morgan fingerprint density at radius 1 is 1.43 bits per heavy atom. The van der Waals surface area contributed by atoms with Crippen LogP contribution in [-0.4, -0.2) is 36.1 Å². The Morgan fingerprint density at radius 2 is 2.19 bits per heavy atom. The highest BCUT2D eigenvalue weighted by molar-refractivity contribution is 5.84. The van der Waals surface area contributed by atoms with Gasteiger partial charge in [-0.05, 0) is 38.0 Å². The van der Waals surface area contributed by atoms with E-state index >= 15 is 0 Å². The summed E-state index contributed by atoms with van der Waals surface area (Å²) in [6.07, 6.45) is 0.373. The molecule has 0 aromatic heterocycles. The van der Waals surface area contributed by atoms with Gasteiger partial charge in [0, 0.05) is 13.2 Å². The second-order valence-corrected chi connectivity index (χ2v) is 5.34. The zero-order valence-corrected chi connectivity index (χ0v) is 12.8. The first-order chi connectivity index (χ1) is 10.1. The molecule has 0 spiro atoms. The van der Waals surface area contributed by atoms with Crippen LogP contribution in [0.1, 0.15) is 38.9 Å². The van der Waals surface area contributed by atoms with Crippen molar-refractivity contribution in [2.24, 2.45) is 0 Å². The highest BCUT2D eigenvalue weighted by atomic mass is 19.1. The summed E-state index contributed by atoms with van der Waals surface area (Å²) >= 11 is 0. The van der Waals surface area contributed by atoms with Crippen molar-refractivity contribution in [2.75, 3.05) is 13.2 Å². The zero-order valence-electron chi connectivity index (χ0n) is 12.8. The first kappa shape index (κ1) is 15.9. The maximum absolute atomic E-state index is 13.5. The lowest BCUT2D eigenvalue weighted by Gasteiger charge is -2.27. The van der Waals surface area contributed by atoms with E-state index < -0.39 is 0 Å². The van der Waals surface area contributed by atoms with Gasteiger partial charge in [0.25, 0.3) is 0 Å². The van der Waals surface area contributed by atoms with Crippen LogP contribution >= 0.6 is 0 Å². The van der Waals surface area contributed by atoms with Crippen LogP contribution in [0.5, 0.6) is 0 Å². The van der Waals surface area contributed by atoms with Gasteiger partial charge in [0.1, 0.15) is 12.0 Å². The molecule has 0 aliphatic carbocycles. The smallest absolute Gasteiger partial charge is 0.241 e. The van der Waals surface area contributed by atoms with Gasteiger partial charge >= 0.3 is 0 Å². The minimum Gasteiger partial charge on any atom is -0.377 e. The Hall–Kier alpha value is -1.46. The molecule has 0 saturated carbocycles. The van der Waals surface area contributed by atoms with E-state index in [0.717, 1.165) is 5.56 Å². The van der Waals surface area contributed by atoms with Crippen molar-refractivity contribution in [3.8, 4) is 0 Å². The van der Waals surface area contributed by atoms with E-state index in [1.807, 2.05) is 26.8 Å². The third-order valence-corrected chi connectivity index (χ3v) is 3.73. The Morgan fingerprint density at radius 3 is 2.81 bits per heavy atom. The van der Waals surface area contributed by atoms with Crippen molar-refractivity contribution in [1.29, 1.82) is 0 Å². The molecule has 3 atom stereocenters. The molecule has 1 aromatic rings. The van der Waals surface area contributed by atoms with E-state index in [2.05, 4.69) is 5.32 Å². The SMILES string of the molecule is CCOC(C)CN1C(=O)C(CC)NC1c1cccc(F)c1. The van der Waals surface area contributed by atoms with Gasteiger partial charge in [-0.3, -0.25) is 10.1 Å². The molecule has 0 radical (unpaired) electrons. The Bertz CT molecular complexity index is 495. The lowest BCUT2D eigenvalue weighted by atomic mass is 10.1. The van der Waals surface area contributed by atoms with Crippen LogP contribution in [-0.2, 0) is 9.53 Å². The summed E-state index contributed by atoms with van der Waals surface area (Å²) in [5.74, 6) is -0.238. The molecule has 1 amide bonds. The molecule has 5 heteroatoms. The van der Waals surface area contributed by atoms with Crippen molar-refractivity contribution in [3.05, 3.63) is 35.6 Å². The fraction of sp³-hybridized carbons (Fsp3) is 0.562. The number of rotatable bonds is 6. The van der Waals surface area contributed by atoms with E-state index in [4.69, 9.17) is 4.74 Å². The molecule has 1 N–H and O–H groups in total. The van der Waals surface area contributed by atoms with Gasteiger partial charge in [0.15, 0.2) is 0 Å². The van der Waals surface area contributed by atoms with Crippen molar-refractivity contribution in [3.63, 3.8) is 0 Å². The summed E-state index contributed by atoms with van der Waals surface area (Å²) in [7, 11) is 0. The number of carbonyl (C=O) groups excluding carboxylic acids is 1. The average Bonchev–Trinajstić information content (AvgIpc) is 2.76. The van der Waals surface area contributed by atoms with Gasteiger partial charge in [0.05, 0.1) is 12.1 Å². The maximum Gasteiger partial charge on any atom is 0.241 e. The third-order valence-electron chi connectivity index (χ3n) is 3.73. The van der Waals surface area contributed by atoms with Crippen LogP contribution in [0.4, 0.5) is 4.39 Å². The van der Waals surface area contributed by atoms with E-state index in [1.54, 1.807) is 11.0 Å². The fourth-order valence-electron chi connectivity index (χ4n) is 2.73. The predicted octanol–water partition coefficient (Wildman–Crippen LogP) is 2.46. The van der Waals surface area contributed by atoms with Gasteiger partial charge in [-0.15, -0.1) is 0 Å². The number of nitrogens with one attached hydrogen (secondary N) is 1. The second kappa shape index (κ2) is 7.00. The van der Waals surface area contributed by atoms with Crippen molar-refractivity contribution in [2.45, 2.75) is 45.5 Å². The number of halogens is 1. The van der Waals surface area contributed by atoms with Crippen LogP contribution < -0.4 is 5.32 Å². The normalized spacial score (nSPS) is 23.6. The molecule has 1 aliphatic rings. The summed E-state index contributed by atoms with van der Waals surface area (Å²) in [6, 6.07) is 6.17. The van der Waals surface area contributed by atoms with E-state index in [9.17, 15) is 9.18 Å². The number of nitrogens with zero attached hydrogens (tertiary/aromatic N) is 1. The van der Waals surface area contributed by atoms with Crippen LogP contribution in [0, 0.1) is 5.82 Å². The molecule has 1 aliphatic heterocycles. The highest BCUT2D eigenvalue weighted by Gasteiger charge is 2.39. The molecule has 2 rings (SSSR count). The maximum atomic E-state index is 13.5. The minimum absolute atomic E-state index is 0.0487. The molecular weight excluding hydrogens is 271 g/mol. The van der Waals surface area contributed by atoms with Gasteiger partial charge in [-0.2, -0.15) is 0 Å². The van der Waals surface area contributed by atoms with E-state index in [0.29, 0.717) is 19.6 Å². The van der Waals surface area contributed by atoms with E-state index in [-0.39, 0.29) is 30.0 Å². The lowest BCUT2D eigenvalue weighted by Crippen LogP contribution is -2.37. The van der Waals surface area contributed by atoms with Crippen molar-refractivity contribution >= 4 is 5.91 Å². The summed E-state index contributed by atoms with van der Waals surface area (Å²) < 4.78 is 19.0. The van der Waals surface area contributed by atoms with Crippen LogP contribution in [0.2, 0.25) is 0 Å². The van der Waals surface area contributed by atoms with Crippen LogP contribution in [0.25, 0.3) is 0 Å². The van der Waals surface area contributed by atoms with Crippen LogP contribution in [0.3, 0.4) is 0 Å². The Balaban J connectivity index is 2.22. The molecule has 4 nitrogen and oxygen atoms in total. The molecule has 1 aromatic carbocycles. The largest absolute Gasteiger partial charge is 0.377 e. The quantitative estimate of drug-likeness (QED) is 0.876. The van der Waals surface area contributed by atoms with Crippen molar-refractivity contribution < 1.29 is 13.9 Å². The van der Waals surface area contributed by atoms with Gasteiger partial charge < -0.3 is 9.64 Å². The first-order valence-corrected chi connectivity index (χ1v) is 7.50. The highest BCUT2D eigenvalue weighted by Crippen LogP contribution is 2.27. The Labute approximate surface area is 125 Å². The molecule has 0 bridgehead atoms.